The number of thiazole rings is 1. The van der Waals surface area contributed by atoms with Gasteiger partial charge in [0, 0.05) is 44.1 Å². The third kappa shape index (κ3) is 6.88. The molecular formula is C29H32N4O7S. The lowest BCUT2D eigenvalue weighted by atomic mass is 10.0. The molecule has 1 saturated heterocycles. The third-order valence-electron chi connectivity index (χ3n) is 7.08. The maximum absolute atomic E-state index is 13.1. The maximum atomic E-state index is 13.1. The molecule has 0 radical (unpaired) electrons. The van der Waals surface area contributed by atoms with Crippen LogP contribution in [0.4, 0.5) is 0 Å². The molecule has 6 rings (SSSR count). The highest BCUT2D eigenvalue weighted by molar-refractivity contribution is 7.11. The number of carbonyl (C=O) groups is 3. The summed E-state index contributed by atoms with van der Waals surface area (Å²) in [6.45, 7) is 0.744. The Hall–Kier alpha value is -4.32. The second-order valence-electron chi connectivity index (χ2n) is 9.76. The smallest absolute Gasteiger partial charge is 0.265 e. The molecule has 0 saturated carbocycles. The van der Waals surface area contributed by atoms with Gasteiger partial charge in [-0.15, -0.1) is 11.3 Å². The number of ether oxygens (including phenoxy) is 4. The Balaban J connectivity index is 1.42. The van der Waals surface area contributed by atoms with Gasteiger partial charge in [-0.3, -0.25) is 19.4 Å². The van der Waals surface area contributed by atoms with Crippen LogP contribution in [0.5, 0.6) is 23.0 Å². The molecule has 0 aliphatic carbocycles. The lowest BCUT2D eigenvalue weighted by Gasteiger charge is -2.38. The number of benzene rings is 2. The summed E-state index contributed by atoms with van der Waals surface area (Å²) in [7, 11) is 3.09. The highest BCUT2D eigenvalue weighted by Crippen LogP contribution is 2.30. The molecule has 4 bridgehead atoms. The number of hydrogen-bond donors (Lipinski definition) is 2. The number of rotatable bonds is 3. The Labute approximate surface area is 241 Å². The molecular weight excluding hydrogens is 548 g/mol. The number of hydrogen-bond acceptors (Lipinski definition) is 9. The number of nitrogens with one attached hydrogen (secondary N) is 2. The van der Waals surface area contributed by atoms with Gasteiger partial charge in [0.1, 0.15) is 22.5 Å². The predicted octanol–water partition coefficient (Wildman–Crippen LogP) is 2.58. The highest BCUT2D eigenvalue weighted by Gasteiger charge is 2.35. The van der Waals surface area contributed by atoms with Crippen LogP contribution < -0.4 is 29.6 Å². The van der Waals surface area contributed by atoms with Crippen LogP contribution in [0.25, 0.3) is 0 Å². The number of fused-ring (bicyclic) bond motifs is 9. The molecule has 4 heterocycles. The quantitative estimate of drug-likeness (QED) is 0.484. The van der Waals surface area contributed by atoms with Gasteiger partial charge in [-0.25, -0.2) is 0 Å². The molecule has 11 nitrogen and oxygen atoms in total. The van der Waals surface area contributed by atoms with E-state index in [0.29, 0.717) is 53.8 Å². The zero-order valence-corrected chi connectivity index (χ0v) is 23.7. The van der Waals surface area contributed by atoms with Crippen molar-refractivity contribution in [3.8, 4) is 23.0 Å². The van der Waals surface area contributed by atoms with Crippen molar-refractivity contribution in [3.05, 3.63) is 64.1 Å². The van der Waals surface area contributed by atoms with E-state index in [-0.39, 0.29) is 37.3 Å². The molecule has 12 heteroatoms. The fraction of sp³-hybridized carbons (Fsp3) is 0.379. The summed E-state index contributed by atoms with van der Waals surface area (Å²) < 4.78 is 23.2. The number of amides is 3. The van der Waals surface area contributed by atoms with Crippen molar-refractivity contribution in [1.82, 2.24) is 20.5 Å². The highest BCUT2D eigenvalue weighted by atomic mass is 32.1. The average molecular weight is 581 g/mol. The average Bonchev–Trinajstić information content (AvgIpc) is 3.53. The fourth-order valence-electron chi connectivity index (χ4n) is 4.91. The minimum absolute atomic E-state index is 0.106. The largest absolute Gasteiger partial charge is 0.496 e. The molecule has 1 fully saturated rings. The second-order valence-corrected chi connectivity index (χ2v) is 10.6. The molecule has 0 unspecified atom stereocenters. The van der Waals surface area contributed by atoms with Gasteiger partial charge in [0.15, 0.2) is 18.1 Å². The van der Waals surface area contributed by atoms with Crippen LogP contribution in [0.1, 0.15) is 33.6 Å². The van der Waals surface area contributed by atoms with E-state index in [9.17, 15) is 14.4 Å². The molecule has 216 valence electrons. The molecule has 3 aliphatic heterocycles. The summed E-state index contributed by atoms with van der Waals surface area (Å²) in [5.41, 5.74) is 3.29. The Morgan fingerprint density at radius 1 is 1.07 bits per heavy atom. The van der Waals surface area contributed by atoms with Crippen molar-refractivity contribution in [2.45, 2.75) is 38.0 Å². The molecule has 3 aliphatic rings. The molecule has 2 aromatic carbocycles. The topological polar surface area (TPSA) is 128 Å². The summed E-state index contributed by atoms with van der Waals surface area (Å²) in [6.07, 6.45) is 2.38. The van der Waals surface area contributed by atoms with Crippen LogP contribution in [0, 0.1) is 0 Å². The number of piperidine rings is 1. The van der Waals surface area contributed by atoms with E-state index >= 15 is 0 Å². The van der Waals surface area contributed by atoms with E-state index in [0.717, 1.165) is 11.1 Å². The Bertz CT molecular complexity index is 1400. The zero-order valence-electron chi connectivity index (χ0n) is 22.9. The predicted molar refractivity (Wildman–Crippen MR) is 151 cm³/mol. The van der Waals surface area contributed by atoms with Gasteiger partial charge in [-0.1, -0.05) is 6.07 Å². The van der Waals surface area contributed by atoms with Crippen molar-refractivity contribution in [2.75, 3.05) is 33.9 Å². The Morgan fingerprint density at radius 3 is 2.71 bits per heavy atom. The van der Waals surface area contributed by atoms with Gasteiger partial charge in [-0.2, -0.15) is 0 Å². The van der Waals surface area contributed by atoms with Crippen molar-refractivity contribution >= 4 is 29.1 Å². The third-order valence-corrected chi connectivity index (χ3v) is 7.84. The van der Waals surface area contributed by atoms with Gasteiger partial charge in [-0.05, 0) is 36.2 Å². The number of carbonyl (C=O) groups excluding carboxylic acids is 3. The van der Waals surface area contributed by atoms with Gasteiger partial charge >= 0.3 is 0 Å². The number of nitrogens with zero attached hydrogens (tertiary/aromatic N) is 2. The van der Waals surface area contributed by atoms with Crippen molar-refractivity contribution in [1.29, 1.82) is 0 Å². The summed E-state index contributed by atoms with van der Waals surface area (Å²) >= 11 is 1.28. The normalized spacial score (nSPS) is 19.7. The fourth-order valence-corrected chi connectivity index (χ4v) is 5.50. The second kappa shape index (κ2) is 12.9. The van der Waals surface area contributed by atoms with Gasteiger partial charge in [0.05, 0.1) is 32.0 Å². The number of methoxy groups -OCH3 is 2. The minimum Gasteiger partial charge on any atom is -0.496 e. The lowest BCUT2D eigenvalue weighted by Crippen LogP contribution is -2.58. The summed E-state index contributed by atoms with van der Waals surface area (Å²) in [4.78, 5) is 45.0. The van der Waals surface area contributed by atoms with Crippen LogP contribution in [0.3, 0.4) is 0 Å². The summed E-state index contributed by atoms with van der Waals surface area (Å²) in [6, 6.07) is 10.3. The van der Waals surface area contributed by atoms with E-state index in [2.05, 4.69) is 15.6 Å². The van der Waals surface area contributed by atoms with Crippen molar-refractivity contribution in [3.63, 3.8) is 0 Å². The first-order valence-corrected chi connectivity index (χ1v) is 14.2. The first kappa shape index (κ1) is 28.2. The Morgan fingerprint density at radius 2 is 1.93 bits per heavy atom. The van der Waals surface area contributed by atoms with Crippen LogP contribution in [0.2, 0.25) is 0 Å². The van der Waals surface area contributed by atoms with Crippen molar-refractivity contribution < 1.29 is 33.3 Å². The molecule has 0 spiro atoms. The van der Waals surface area contributed by atoms with Crippen LogP contribution in [-0.4, -0.2) is 73.7 Å². The summed E-state index contributed by atoms with van der Waals surface area (Å²) in [5, 5.41) is 5.96. The molecule has 3 amide bonds. The van der Waals surface area contributed by atoms with Crippen LogP contribution in [0.15, 0.2) is 48.1 Å². The number of aromatic nitrogens is 1. The number of aryl methyl sites for hydroxylation is 1. The minimum atomic E-state index is -0.503. The van der Waals surface area contributed by atoms with E-state index in [1.54, 1.807) is 41.9 Å². The monoisotopic (exact) mass is 580 g/mol. The standard InChI is InChI=1S/C29H32N4O7S/c1-37-23-7-3-18-4-8-27(34)31-13-19-5-6-20(12-24(19)38-2)40-22-9-10-33(29(36)26-14-30-17-41-26)15-21(22)32-28(35)16-39-25(23)11-18/h3,5-7,11-12,14,17,21-22H,4,8-10,13,15-16H2,1-2H3,(H,31,34)(H,32,35)/t21-,22+/m1/s1. The molecule has 2 N–H and O–H groups in total. The molecule has 41 heavy (non-hydrogen) atoms. The molecule has 1 aromatic heterocycles. The van der Waals surface area contributed by atoms with E-state index < -0.39 is 12.1 Å². The van der Waals surface area contributed by atoms with Crippen LogP contribution >= 0.6 is 11.3 Å². The van der Waals surface area contributed by atoms with Gasteiger partial charge in [0.2, 0.25) is 5.91 Å². The van der Waals surface area contributed by atoms with Crippen molar-refractivity contribution in [2.24, 2.45) is 0 Å². The van der Waals surface area contributed by atoms with Crippen LogP contribution in [-0.2, 0) is 22.6 Å². The first-order valence-electron chi connectivity index (χ1n) is 13.3. The van der Waals surface area contributed by atoms with E-state index in [1.807, 2.05) is 18.2 Å². The van der Waals surface area contributed by atoms with Gasteiger partial charge in [0.25, 0.3) is 11.8 Å². The lowest BCUT2D eigenvalue weighted by molar-refractivity contribution is -0.125. The first-order chi connectivity index (χ1) is 19.9. The molecule has 2 atom stereocenters. The Kier molecular flexibility index (Phi) is 8.88. The zero-order chi connectivity index (χ0) is 28.8. The van der Waals surface area contributed by atoms with Gasteiger partial charge < -0.3 is 34.5 Å². The SMILES string of the molecule is COc1cc2ccc1CNC(=O)CCc1ccc(OC)c(c1)OCC(=O)N[C@@H]1CN(C(=O)c3cncs3)CC[C@@H]1O2. The maximum Gasteiger partial charge on any atom is 0.265 e. The van der Waals surface area contributed by atoms with E-state index in [4.69, 9.17) is 18.9 Å². The number of likely N-dealkylation sites (tertiary alicyclic amines) is 1. The molecule has 3 aromatic rings. The summed E-state index contributed by atoms with van der Waals surface area (Å²) in [5.74, 6) is 1.40. The van der Waals surface area contributed by atoms with E-state index in [1.165, 1.54) is 18.4 Å².